The highest BCUT2D eigenvalue weighted by molar-refractivity contribution is 5.80. The molecule has 1 N–H and O–H groups in total. The molecule has 1 aromatic heterocycles. The summed E-state index contributed by atoms with van der Waals surface area (Å²) in [5, 5.41) is 7.89. The molecule has 2 fully saturated rings. The zero-order valence-corrected chi connectivity index (χ0v) is 19.1. The van der Waals surface area contributed by atoms with Crippen LogP contribution in [0.3, 0.4) is 0 Å². The maximum absolute atomic E-state index is 5.99. The van der Waals surface area contributed by atoms with Gasteiger partial charge in [0.25, 0.3) is 0 Å². The quantitative estimate of drug-likeness (QED) is 0.591. The van der Waals surface area contributed by atoms with Crippen molar-refractivity contribution in [3.05, 3.63) is 53.3 Å². The molecule has 0 bridgehead atoms. The third-order valence-electron chi connectivity index (χ3n) is 6.50. The van der Waals surface area contributed by atoms with Gasteiger partial charge in [0, 0.05) is 45.5 Å². The lowest BCUT2D eigenvalue weighted by molar-refractivity contribution is -0.00805. The number of hydrogen-bond acceptors (Lipinski definition) is 4. The monoisotopic (exact) mass is 424 g/mol. The van der Waals surface area contributed by atoms with Crippen LogP contribution in [0.1, 0.15) is 42.6 Å². The predicted octanol–water partition coefficient (Wildman–Crippen LogP) is 2.80. The van der Waals surface area contributed by atoms with Crippen molar-refractivity contribution >= 4 is 5.96 Å². The highest BCUT2D eigenvalue weighted by Gasteiger charge is 2.25. The Balaban J connectivity index is 1.36. The number of morpholine rings is 1. The van der Waals surface area contributed by atoms with Crippen molar-refractivity contribution in [3.8, 4) is 0 Å². The van der Waals surface area contributed by atoms with Crippen molar-refractivity contribution in [1.82, 2.24) is 24.9 Å². The van der Waals surface area contributed by atoms with Gasteiger partial charge in [0.15, 0.2) is 5.96 Å². The number of rotatable bonds is 5. The number of nitrogens with zero attached hydrogens (tertiary/aromatic N) is 5. The first kappa shape index (κ1) is 21.8. The molecular formula is C24H36N6O. The Morgan fingerprint density at radius 3 is 2.68 bits per heavy atom. The number of aryl methyl sites for hydroxylation is 1. The number of nitrogens with one attached hydrogen (secondary N) is 1. The average molecular weight is 425 g/mol. The van der Waals surface area contributed by atoms with E-state index in [1.54, 1.807) is 0 Å². The van der Waals surface area contributed by atoms with Crippen LogP contribution < -0.4 is 5.32 Å². The molecule has 2 aliphatic rings. The second-order valence-electron chi connectivity index (χ2n) is 8.88. The number of hydrogen-bond donors (Lipinski definition) is 1. The lowest BCUT2D eigenvalue weighted by Crippen LogP contribution is -2.48. The SMILES string of the molecule is CN=C(NCc1ccccc1CN1CCC(C)CC1)N1CCOC(c2cnn(C)c2)C1. The van der Waals surface area contributed by atoms with Gasteiger partial charge in [0.1, 0.15) is 6.10 Å². The molecule has 2 aliphatic heterocycles. The van der Waals surface area contributed by atoms with Crippen LogP contribution in [0.25, 0.3) is 0 Å². The molecule has 7 nitrogen and oxygen atoms in total. The van der Waals surface area contributed by atoms with Gasteiger partial charge in [-0.25, -0.2) is 0 Å². The molecule has 0 saturated carbocycles. The van der Waals surface area contributed by atoms with Crippen LogP contribution in [0.4, 0.5) is 0 Å². The minimum absolute atomic E-state index is 0.0229. The Kier molecular flexibility index (Phi) is 7.25. The second-order valence-corrected chi connectivity index (χ2v) is 8.88. The number of aliphatic imine (C=N–C) groups is 1. The first-order chi connectivity index (χ1) is 15.1. The maximum atomic E-state index is 5.99. The van der Waals surface area contributed by atoms with Crippen LogP contribution >= 0.6 is 0 Å². The van der Waals surface area contributed by atoms with Crippen molar-refractivity contribution < 1.29 is 4.74 Å². The molecule has 3 heterocycles. The Hall–Kier alpha value is -2.38. The smallest absolute Gasteiger partial charge is 0.194 e. The van der Waals surface area contributed by atoms with Crippen LogP contribution in [0.2, 0.25) is 0 Å². The van der Waals surface area contributed by atoms with Crippen molar-refractivity contribution in [2.75, 3.05) is 39.8 Å². The summed E-state index contributed by atoms with van der Waals surface area (Å²) in [7, 11) is 3.80. The Labute approximate surface area is 186 Å². The molecular weight excluding hydrogens is 388 g/mol. The normalized spacial score (nSPS) is 21.5. The Bertz CT molecular complexity index is 870. The van der Waals surface area contributed by atoms with E-state index in [1.165, 1.54) is 37.1 Å². The maximum Gasteiger partial charge on any atom is 0.194 e. The van der Waals surface area contributed by atoms with E-state index in [-0.39, 0.29) is 6.10 Å². The summed E-state index contributed by atoms with van der Waals surface area (Å²) in [6, 6.07) is 8.79. The number of ether oxygens (including phenoxy) is 1. The summed E-state index contributed by atoms with van der Waals surface area (Å²) in [6.45, 7) is 8.88. The van der Waals surface area contributed by atoms with Crippen LogP contribution in [-0.4, -0.2) is 65.4 Å². The summed E-state index contributed by atoms with van der Waals surface area (Å²) in [6.07, 6.45) is 6.56. The zero-order chi connectivity index (χ0) is 21.6. The van der Waals surface area contributed by atoms with E-state index in [0.29, 0.717) is 6.61 Å². The molecule has 31 heavy (non-hydrogen) atoms. The Morgan fingerprint density at radius 2 is 1.97 bits per heavy atom. The van der Waals surface area contributed by atoms with Crippen LogP contribution in [0.15, 0.2) is 41.7 Å². The van der Waals surface area contributed by atoms with Crippen LogP contribution in [0.5, 0.6) is 0 Å². The largest absolute Gasteiger partial charge is 0.370 e. The third-order valence-corrected chi connectivity index (χ3v) is 6.50. The van der Waals surface area contributed by atoms with Gasteiger partial charge in [-0.2, -0.15) is 5.10 Å². The number of piperidine rings is 1. The fourth-order valence-corrected chi connectivity index (χ4v) is 4.50. The molecule has 2 saturated heterocycles. The first-order valence-corrected chi connectivity index (χ1v) is 11.5. The van der Waals surface area contributed by atoms with Crippen molar-refractivity contribution in [2.45, 2.75) is 39.0 Å². The van der Waals surface area contributed by atoms with E-state index in [2.05, 4.69) is 56.4 Å². The van der Waals surface area contributed by atoms with E-state index in [1.807, 2.05) is 31.2 Å². The first-order valence-electron chi connectivity index (χ1n) is 11.5. The fourth-order valence-electron chi connectivity index (χ4n) is 4.50. The van der Waals surface area contributed by atoms with Gasteiger partial charge in [-0.15, -0.1) is 0 Å². The summed E-state index contributed by atoms with van der Waals surface area (Å²) >= 11 is 0. The highest BCUT2D eigenvalue weighted by Crippen LogP contribution is 2.22. The minimum Gasteiger partial charge on any atom is -0.370 e. The summed E-state index contributed by atoms with van der Waals surface area (Å²) in [5.74, 6) is 1.79. The number of guanidine groups is 1. The predicted molar refractivity (Wildman–Crippen MR) is 124 cm³/mol. The lowest BCUT2D eigenvalue weighted by Gasteiger charge is -2.35. The molecule has 168 valence electrons. The van der Waals surface area contributed by atoms with E-state index < -0.39 is 0 Å². The lowest BCUT2D eigenvalue weighted by atomic mass is 9.98. The molecule has 0 amide bonds. The van der Waals surface area contributed by atoms with Gasteiger partial charge in [0.05, 0.1) is 19.3 Å². The summed E-state index contributed by atoms with van der Waals surface area (Å²) in [5.41, 5.74) is 3.87. The van der Waals surface area contributed by atoms with Gasteiger partial charge in [-0.3, -0.25) is 14.6 Å². The molecule has 1 atom stereocenters. The van der Waals surface area contributed by atoms with Gasteiger partial charge in [0.2, 0.25) is 0 Å². The molecule has 0 aliphatic carbocycles. The summed E-state index contributed by atoms with van der Waals surface area (Å²) < 4.78 is 7.82. The molecule has 1 aromatic carbocycles. The number of likely N-dealkylation sites (tertiary alicyclic amines) is 1. The molecule has 0 spiro atoms. The van der Waals surface area contributed by atoms with Gasteiger partial charge < -0.3 is 15.0 Å². The molecule has 4 rings (SSSR count). The van der Waals surface area contributed by atoms with Gasteiger partial charge >= 0.3 is 0 Å². The fraction of sp³-hybridized carbons (Fsp3) is 0.583. The molecule has 2 aromatic rings. The standard InChI is InChI=1S/C24H36N6O/c1-19-8-10-29(11-9-19)17-21-7-5-4-6-20(21)14-26-24(25-2)30-12-13-31-23(18-30)22-15-27-28(3)16-22/h4-7,15-16,19,23H,8-14,17-18H2,1-3H3,(H,25,26). The van der Waals surface area contributed by atoms with E-state index in [0.717, 1.165) is 43.6 Å². The van der Waals surface area contributed by atoms with Crippen molar-refractivity contribution in [1.29, 1.82) is 0 Å². The van der Waals surface area contributed by atoms with E-state index in [4.69, 9.17) is 4.74 Å². The minimum atomic E-state index is 0.0229. The summed E-state index contributed by atoms with van der Waals surface area (Å²) in [4.78, 5) is 9.44. The molecule has 7 heteroatoms. The van der Waals surface area contributed by atoms with Crippen molar-refractivity contribution in [2.24, 2.45) is 18.0 Å². The van der Waals surface area contributed by atoms with Crippen molar-refractivity contribution in [3.63, 3.8) is 0 Å². The number of aromatic nitrogens is 2. The van der Waals surface area contributed by atoms with E-state index >= 15 is 0 Å². The van der Waals surface area contributed by atoms with Gasteiger partial charge in [-0.05, 0) is 43.0 Å². The van der Waals surface area contributed by atoms with Crippen LogP contribution in [-0.2, 0) is 24.9 Å². The highest BCUT2D eigenvalue weighted by atomic mass is 16.5. The zero-order valence-electron chi connectivity index (χ0n) is 19.1. The average Bonchev–Trinajstić information content (AvgIpc) is 3.23. The van der Waals surface area contributed by atoms with Gasteiger partial charge in [-0.1, -0.05) is 31.2 Å². The molecule has 0 radical (unpaired) electrons. The second kappa shape index (κ2) is 10.3. The molecule has 1 unspecified atom stereocenters. The van der Waals surface area contributed by atoms with E-state index in [9.17, 15) is 0 Å². The van der Waals surface area contributed by atoms with Crippen LogP contribution in [0, 0.1) is 5.92 Å². The third kappa shape index (κ3) is 5.66. The number of benzene rings is 1. The Morgan fingerprint density at radius 1 is 1.19 bits per heavy atom. The topological polar surface area (TPSA) is 57.9 Å².